The van der Waals surface area contributed by atoms with Crippen molar-refractivity contribution in [1.82, 2.24) is 0 Å². The Kier molecular flexibility index (Phi) is 3.80. The second kappa shape index (κ2) is 4.66. The number of carbonyl (C=O) groups is 1. The standard InChI is InChI=1S/C10H15ClO/c1-2-8(7-12)10(11)9-5-3-4-6-9/h7,9H,2-6H2,1H3/b10-8+. The van der Waals surface area contributed by atoms with E-state index in [-0.39, 0.29) is 0 Å². The molecule has 0 unspecified atom stereocenters. The van der Waals surface area contributed by atoms with Gasteiger partial charge in [-0.25, -0.2) is 0 Å². The molecule has 1 aliphatic carbocycles. The van der Waals surface area contributed by atoms with Gasteiger partial charge in [0.05, 0.1) is 0 Å². The molecule has 0 aromatic carbocycles. The Morgan fingerprint density at radius 1 is 1.50 bits per heavy atom. The second-order valence-corrected chi connectivity index (χ2v) is 3.73. The van der Waals surface area contributed by atoms with Crippen LogP contribution in [0.2, 0.25) is 0 Å². The van der Waals surface area contributed by atoms with E-state index < -0.39 is 0 Å². The van der Waals surface area contributed by atoms with Crippen molar-refractivity contribution in [3.63, 3.8) is 0 Å². The summed E-state index contributed by atoms with van der Waals surface area (Å²) in [6.45, 7) is 1.97. The molecular weight excluding hydrogens is 172 g/mol. The Labute approximate surface area is 78.8 Å². The molecule has 1 aliphatic rings. The van der Waals surface area contributed by atoms with Crippen LogP contribution in [0.1, 0.15) is 39.0 Å². The van der Waals surface area contributed by atoms with Crippen molar-refractivity contribution in [3.05, 3.63) is 10.6 Å². The monoisotopic (exact) mass is 186 g/mol. The quantitative estimate of drug-likeness (QED) is 0.489. The lowest BCUT2D eigenvalue weighted by atomic mass is 10.0. The molecule has 0 saturated heterocycles. The third kappa shape index (κ3) is 2.10. The van der Waals surface area contributed by atoms with Crippen LogP contribution in [0.3, 0.4) is 0 Å². The Bertz CT molecular complexity index is 190. The zero-order chi connectivity index (χ0) is 8.97. The fourth-order valence-electron chi connectivity index (χ4n) is 1.75. The fraction of sp³-hybridized carbons (Fsp3) is 0.700. The lowest BCUT2D eigenvalue weighted by Gasteiger charge is -2.09. The van der Waals surface area contributed by atoms with Gasteiger partial charge < -0.3 is 0 Å². The Hall–Kier alpha value is -0.300. The molecule has 1 nitrogen and oxygen atoms in total. The molecule has 0 radical (unpaired) electrons. The summed E-state index contributed by atoms with van der Waals surface area (Å²) in [5.74, 6) is 0.479. The second-order valence-electron chi connectivity index (χ2n) is 3.33. The Balaban J connectivity index is 2.69. The molecular formula is C10H15ClO. The first-order valence-corrected chi connectivity index (χ1v) is 5.01. The van der Waals surface area contributed by atoms with Crippen LogP contribution in [-0.2, 0) is 4.79 Å². The van der Waals surface area contributed by atoms with Crippen LogP contribution in [0.15, 0.2) is 10.6 Å². The predicted molar refractivity (Wildman–Crippen MR) is 51.2 cm³/mol. The molecule has 12 heavy (non-hydrogen) atoms. The van der Waals surface area contributed by atoms with Gasteiger partial charge in [0.2, 0.25) is 0 Å². The minimum absolute atomic E-state index is 0.479. The van der Waals surface area contributed by atoms with Gasteiger partial charge in [0, 0.05) is 10.6 Å². The van der Waals surface area contributed by atoms with E-state index in [1.54, 1.807) is 0 Å². The minimum Gasteiger partial charge on any atom is -0.298 e. The molecule has 0 aliphatic heterocycles. The van der Waals surface area contributed by atoms with Gasteiger partial charge in [-0.05, 0) is 25.2 Å². The molecule has 2 heteroatoms. The van der Waals surface area contributed by atoms with Crippen LogP contribution >= 0.6 is 11.6 Å². The van der Waals surface area contributed by atoms with Crippen molar-refractivity contribution in [3.8, 4) is 0 Å². The number of rotatable bonds is 3. The topological polar surface area (TPSA) is 17.1 Å². The van der Waals surface area contributed by atoms with Crippen LogP contribution < -0.4 is 0 Å². The largest absolute Gasteiger partial charge is 0.298 e. The summed E-state index contributed by atoms with van der Waals surface area (Å²) in [5, 5.41) is 0.824. The first-order chi connectivity index (χ1) is 5.79. The molecule has 0 bridgehead atoms. The molecule has 0 amide bonds. The first-order valence-electron chi connectivity index (χ1n) is 4.63. The van der Waals surface area contributed by atoms with Crippen LogP contribution in [0.4, 0.5) is 0 Å². The smallest absolute Gasteiger partial charge is 0.147 e. The van der Waals surface area contributed by atoms with Crippen molar-refractivity contribution in [2.75, 3.05) is 0 Å². The molecule has 0 aromatic rings. The van der Waals surface area contributed by atoms with E-state index in [1.807, 2.05) is 6.92 Å². The van der Waals surface area contributed by atoms with Gasteiger partial charge in [0.15, 0.2) is 0 Å². The zero-order valence-corrected chi connectivity index (χ0v) is 8.23. The molecule has 1 saturated carbocycles. The Morgan fingerprint density at radius 2 is 2.08 bits per heavy atom. The van der Waals surface area contributed by atoms with Gasteiger partial charge in [-0.1, -0.05) is 31.4 Å². The molecule has 68 valence electrons. The van der Waals surface area contributed by atoms with Gasteiger partial charge >= 0.3 is 0 Å². The fourth-order valence-corrected chi connectivity index (χ4v) is 2.15. The summed E-state index contributed by atoms with van der Waals surface area (Å²) in [4.78, 5) is 10.6. The van der Waals surface area contributed by atoms with Crippen molar-refractivity contribution >= 4 is 17.9 Å². The first kappa shape index (κ1) is 9.79. The average Bonchev–Trinajstić information content (AvgIpc) is 2.58. The van der Waals surface area contributed by atoms with Gasteiger partial charge in [0.25, 0.3) is 0 Å². The minimum atomic E-state index is 0.479. The molecule has 0 N–H and O–H groups in total. The maximum atomic E-state index is 10.6. The SMILES string of the molecule is CC/C(C=O)=C(\Cl)C1CCCC1. The normalized spacial score (nSPS) is 20.8. The predicted octanol–water partition coefficient (Wildman–Crippen LogP) is 3.28. The molecule has 1 fully saturated rings. The zero-order valence-electron chi connectivity index (χ0n) is 7.48. The van der Waals surface area contributed by atoms with E-state index in [2.05, 4.69) is 0 Å². The summed E-state index contributed by atoms with van der Waals surface area (Å²) >= 11 is 6.10. The third-order valence-electron chi connectivity index (χ3n) is 2.54. The highest BCUT2D eigenvalue weighted by Crippen LogP contribution is 2.34. The van der Waals surface area contributed by atoms with Crippen LogP contribution in [0.25, 0.3) is 0 Å². The van der Waals surface area contributed by atoms with E-state index in [1.165, 1.54) is 12.8 Å². The van der Waals surface area contributed by atoms with E-state index in [9.17, 15) is 4.79 Å². The van der Waals surface area contributed by atoms with Gasteiger partial charge in [-0.3, -0.25) is 4.79 Å². The lowest BCUT2D eigenvalue weighted by molar-refractivity contribution is -0.105. The van der Waals surface area contributed by atoms with E-state index in [0.29, 0.717) is 5.92 Å². The maximum Gasteiger partial charge on any atom is 0.147 e. The lowest BCUT2D eigenvalue weighted by Crippen LogP contribution is -1.98. The molecule has 0 spiro atoms. The van der Waals surface area contributed by atoms with Gasteiger partial charge in [0.1, 0.15) is 6.29 Å². The number of allylic oxidation sites excluding steroid dienone is 2. The summed E-state index contributed by atoms with van der Waals surface area (Å²) < 4.78 is 0. The highest BCUT2D eigenvalue weighted by Gasteiger charge is 2.20. The maximum absolute atomic E-state index is 10.6. The summed E-state index contributed by atoms with van der Waals surface area (Å²) in [7, 11) is 0. The number of carbonyl (C=O) groups excluding carboxylic acids is 1. The van der Waals surface area contributed by atoms with Crippen LogP contribution in [0, 0.1) is 5.92 Å². The number of hydrogen-bond donors (Lipinski definition) is 0. The summed E-state index contributed by atoms with van der Waals surface area (Å²) in [5.41, 5.74) is 0.795. The summed E-state index contributed by atoms with van der Waals surface area (Å²) in [6.07, 6.45) is 6.51. The third-order valence-corrected chi connectivity index (χ3v) is 3.09. The van der Waals surface area contributed by atoms with Crippen molar-refractivity contribution < 1.29 is 4.79 Å². The number of aldehydes is 1. The van der Waals surface area contributed by atoms with Crippen molar-refractivity contribution in [2.24, 2.45) is 5.92 Å². The van der Waals surface area contributed by atoms with E-state index >= 15 is 0 Å². The van der Waals surface area contributed by atoms with E-state index in [4.69, 9.17) is 11.6 Å². The molecule has 1 rings (SSSR count). The number of halogens is 1. The molecule has 0 aromatic heterocycles. The Morgan fingerprint density at radius 3 is 2.50 bits per heavy atom. The highest BCUT2D eigenvalue weighted by atomic mass is 35.5. The van der Waals surface area contributed by atoms with Gasteiger partial charge in [-0.15, -0.1) is 0 Å². The number of hydrogen-bond acceptors (Lipinski definition) is 1. The molecule has 0 atom stereocenters. The highest BCUT2D eigenvalue weighted by molar-refractivity contribution is 6.31. The van der Waals surface area contributed by atoms with Crippen LogP contribution in [0.5, 0.6) is 0 Å². The van der Waals surface area contributed by atoms with Gasteiger partial charge in [-0.2, -0.15) is 0 Å². The van der Waals surface area contributed by atoms with Crippen LogP contribution in [-0.4, -0.2) is 6.29 Å². The van der Waals surface area contributed by atoms with Crippen molar-refractivity contribution in [1.29, 1.82) is 0 Å². The average molecular weight is 187 g/mol. The molecule has 0 heterocycles. The summed E-state index contributed by atoms with van der Waals surface area (Å²) in [6, 6.07) is 0. The van der Waals surface area contributed by atoms with E-state index in [0.717, 1.165) is 36.2 Å². The van der Waals surface area contributed by atoms with Crippen molar-refractivity contribution in [2.45, 2.75) is 39.0 Å².